The third kappa shape index (κ3) is 4.70. The van der Waals surface area contributed by atoms with Gasteiger partial charge in [0.15, 0.2) is 6.04 Å². The van der Waals surface area contributed by atoms with Crippen LogP contribution in [0.15, 0.2) is 75.7 Å². The molecule has 1 aliphatic carbocycles. The smallest absolute Gasteiger partial charge is 0.410 e. The summed E-state index contributed by atoms with van der Waals surface area (Å²) in [5, 5.41) is 10.00. The van der Waals surface area contributed by atoms with Gasteiger partial charge in [-0.1, -0.05) is 61.5 Å². The van der Waals surface area contributed by atoms with E-state index in [1.165, 1.54) is 4.90 Å². The van der Waals surface area contributed by atoms with Crippen LogP contribution < -0.4 is 0 Å². The number of carbonyl (C=O) groups excluding carboxylic acids is 1. The lowest BCUT2D eigenvalue weighted by molar-refractivity contribution is -0.143. The maximum Gasteiger partial charge on any atom is 0.410 e. The summed E-state index contributed by atoms with van der Waals surface area (Å²) in [4.78, 5) is 26.7. The summed E-state index contributed by atoms with van der Waals surface area (Å²) in [7, 11) is 0. The molecule has 1 amide bonds. The van der Waals surface area contributed by atoms with E-state index in [1.807, 2.05) is 31.2 Å². The zero-order valence-electron chi connectivity index (χ0n) is 18.0. The van der Waals surface area contributed by atoms with Crippen LogP contribution in [0.1, 0.15) is 42.0 Å². The van der Waals surface area contributed by atoms with Crippen LogP contribution in [0.3, 0.4) is 0 Å². The number of halogens is 2. The van der Waals surface area contributed by atoms with Crippen molar-refractivity contribution < 1.29 is 19.4 Å². The van der Waals surface area contributed by atoms with E-state index in [0.29, 0.717) is 12.0 Å². The Morgan fingerprint density at radius 2 is 1.58 bits per heavy atom. The highest BCUT2D eigenvalue weighted by Gasteiger charge is 2.34. The lowest BCUT2D eigenvalue weighted by atomic mass is 9.98. The third-order valence-electron chi connectivity index (χ3n) is 5.84. The summed E-state index contributed by atoms with van der Waals surface area (Å²) >= 11 is 6.82. The molecule has 3 aromatic carbocycles. The topological polar surface area (TPSA) is 66.8 Å². The Morgan fingerprint density at radius 1 is 0.970 bits per heavy atom. The molecule has 0 bridgehead atoms. The molecule has 7 heteroatoms. The van der Waals surface area contributed by atoms with Crippen molar-refractivity contribution in [2.24, 2.45) is 0 Å². The lowest BCUT2D eigenvalue weighted by Crippen LogP contribution is -2.40. The van der Waals surface area contributed by atoms with E-state index in [1.54, 1.807) is 18.2 Å². The van der Waals surface area contributed by atoms with Gasteiger partial charge in [0.05, 0.1) is 0 Å². The minimum atomic E-state index is -1.15. The zero-order valence-corrected chi connectivity index (χ0v) is 21.2. The second-order valence-corrected chi connectivity index (χ2v) is 9.62. The Morgan fingerprint density at radius 3 is 2.12 bits per heavy atom. The van der Waals surface area contributed by atoms with Crippen molar-refractivity contribution in [3.05, 3.63) is 92.4 Å². The van der Waals surface area contributed by atoms with Crippen LogP contribution in [0.4, 0.5) is 4.79 Å². The van der Waals surface area contributed by atoms with Crippen molar-refractivity contribution in [2.45, 2.75) is 25.3 Å². The standard InChI is InChI=1S/C26H23Br2NO4/c1-2-13-29(24(25(30)31)16-11-12-22(27)23(28)14-16)26(32)33-15-21-19-9-5-3-7-17(19)18-8-4-6-10-20(18)21/h3-12,14,21,24H,2,13,15H2,1H3,(H,30,31). The highest BCUT2D eigenvalue weighted by atomic mass is 79.9. The van der Waals surface area contributed by atoms with Gasteiger partial charge in [-0.25, -0.2) is 9.59 Å². The van der Waals surface area contributed by atoms with Gasteiger partial charge in [0.2, 0.25) is 0 Å². The van der Waals surface area contributed by atoms with Crippen LogP contribution in [-0.4, -0.2) is 35.2 Å². The predicted octanol–water partition coefficient (Wildman–Crippen LogP) is 7.00. The molecule has 1 aliphatic rings. The molecule has 0 saturated heterocycles. The Bertz CT molecular complexity index is 1150. The van der Waals surface area contributed by atoms with Crippen LogP contribution in [0.25, 0.3) is 11.1 Å². The number of aliphatic carboxylic acids is 1. The molecule has 0 aromatic heterocycles. The average Bonchev–Trinajstić information content (AvgIpc) is 3.13. The molecule has 0 saturated carbocycles. The first-order valence-corrected chi connectivity index (χ1v) is 12.3. The largest absolute Gasteiger partial charge is 0.479 e. The van der Waals surface area contributed by atoms with Crippen molar-refractivity contribution >= 4 is 43.9 Å². The molecule has 3 aromatic rings. The van der Waals surface area contributed by atoms with Gasteiger partial charge in [-0.05, 0) is 78.2 Å². The van der Waals surface area contributed by atoms with E-state index in [-0.39, 0.29) is 19.1 Å². The third-order valence-corrected chi connectivity index (χ3v) is 7.72. The Balaban J connectivity index is 1.59. The fraction of sp³-hybridized carbons (Fsp3) is 0.231. The van der Waals surface area contributed by atoms with Crippen molar-refractivity contribution in [3.63, 3.8) is 0 Å². The number of hydrogen-bond acceptors (Lipinski definition) is 3. The first kappa shape index (κ1) is 23.5. The van der Waals surface area contributed by atoms with Gasteiger partial charge in [-0.2, -0.15) is 0 Å². The van der Waals surface area contributed by atoms with E-state index in [2.05, 4.69) is 56.1 Å². The molecule has 5 nitrogen and oxygen atoms in total. The van der Waals surface area contributed by atoms with Crippen LogP contribution in [0.5, 0.6) is 0 Å². The van der Waals surface area contributed by atoms with Crippen LogP contribution in [0.2, 0.25) is 0 Å². The predicted molar refractivity (Wildman–Crippen MR) is 134 cm³/mol. The van der Waals surface area contributed by atoms with E-state index in [4.69, 9.17) is 4.74 Å². The zero-order chi connectivity index (χ0) is 23.5. The number of carboxylic acid groups (broad SMARTS) is 1. The number of amides is 1. The van der Waals surface area contributed by atoms with E-state index >= 15 is 0 Å². The highest BCUT2D eigenvalue weighted by molar-refractivity contribution is 9.13. The molecule has 0 radical (unpaired) electrons. The molecule has 0 aliphatic heterocycles. The quantitative estimate of drug-likeness (QED) is 0.331. The number of fused-ring (bicyclic) bond motifs is 3. The molecule has 1 unspecified atom stereocenters. The Hall–Kier alpha value is -2.64. The molecule has 1 atom stereocenters. The number of carboxylic acids is 1. The van der Waals surface area contributed by atoms with Crippen LogP contribution in [0, 0.1) is 0 Å². The van der Waals surface area contributed by atoms with Crippen molar-refractivity contribution in [1.29, 1.82) is 0 Å². The van der Waals surface area contributed by atoms with Gasteiger partial charge in [0, 0.05) is 21.4 Å². The monoisotopic (exact) mass is 571 g/mol. The maximum atomic E-state index is 13.2. The van der Waals surface area contributed by atoms with E-state index in [9.17, 15) is 14.7 Å². The molecule has 170 valence electrons. The second-order valence-electron chi connectivity index (χ2n) is 7.91. The van der Waals surface area contributed by atoms with Gasteiger partial charge in [-0.3, -0.25) is 4.90 Å². The van der Waals surface area contributed by atoms with E-state index in [0.717, 1.165) is 31.2 Å². The van der Waals surface area contributed by atoms with Gasteiger partial charge >= 0.3 is 12.1 Å². The summed E-state index contributed by atoms with van der Waals surface area (Å²) in [6.07, 6.45) is -0.0313. The van der Waals surface area contributed by atoms with Gasteiger partial charge in [0.25, 0.3) is 0 Å². The second kappa shape index (κ2) is 10.1. The van der Waals surface area contributed by atoms with Gasteiger partial charge < -0.3 is 9.84 Å². The molecule has 33 heavy (non-hydrogen) atoms. The maximum absolute atomic E-state index is 13.2. The van der Waals surface area contributed by atoms with Gasteiger partial charge in [0.1, 0.15) is 6.61 Å². The van der Waals surface area contributed by atoms with Gasteiger partial charge in [-0.15, -0.1) is 0 Å². The minimum absolute atomic E-state index is 0.0880. The fourth-order valence-corrected chi connectivity index (χ4v) is 5.03. The molecular weight excluding hydrogens is 550 g/mol. The number of hydrogen-bond donors (Lipinski definition) is 1. The Labute approximate surface area is 209 Å². The minimum Gasteiger partial charge on any atom is -0.479 e. The summed E-state index contributed by atoms with van der Waals surface area (Å²) in [6.45, 7) is 2.31. The number of ether oxygens (including phenoxy) is 1. The SMILES string of the molecule is CCCN(C(=O)OCC1c2ccccc2-c2ccccc21)C(C(=O)O)c1ccc(Br)c(Br)c1. The number of nitrogens with zero attached hydrogens (tertiary/aromatic N) is 1. The van der Waals surface area contributed by atoms with E-state index < -0.39 is 18.1 Å². The Kier molecular flexibility index (Phi) is 7.20. The lowest BCUT2D eigenvalue weighted by Gasteiger charge is -2.29. The van der Waals surface area contributed by atoms with Crippen molar-refractivity contribution in [2.75, 3.05) is 13.2 Å². The van der Waals surface area contributed by atoms with Crippen molar-refractivity contribution in [3.8, 4) is 11.1 Å². The normalized spacial score (nSPS) is 13.2. The summed E-state index contributed by atoms with van der Waals surface area (Å²) < 4.78 is 7.29. The first-order valence-electron chi connectivity index (χ1n) is 10.7. The summed E-state index contributed by atoms with van der Waals surface area (Å²) in [5.41, 5.74) is 5.00. The molecule has 1 N–H and O–H groups in total. The molecule has 4 rings (SSSR count). The summed E-state index contributed by atoms with van der Waals surface area (Å²) in [5.74, 6) is -1.19. The molecule has 0 spiro atoms. The molecular formula is C26H23Br2NO4. The average molecular weight is 573 g/mol. The highest BCUT2D eigenvalue weighted by Crippen LogP contribution is 2.44. The van der Waals surface area contributed by atoms with Crippen molar-refractivity contribution in [1.82, 2.24) is 4.90 Å². The molecule has 0 fully saturated rings. The number of carbonyl (C=O) groups is 2. The van der Waals surface area contributed by atoms with Crippen LogP contribution >= 0.6 is 31.9 Å². The molecule has 0 heterocycles. The number of rotatable bonds is 7. The summed E-state index contributed by atoms with van der Waals surface area (Å²) in [6, 6.07) is 20.2. The first-order chi connectivity index (χ1) is 15.9. The fourth-order valence-electron chi connectivity index (χ4n) is 4.38. The number of benzene rings is 3. The van der Waals surface area contributed by atoms with Crippen LogP contribution in [-0.2, 0) is 9.53 Å².